The first kappa shape index (κ1) is 19.9. The van der Waals surface area contributed by atoms with Gasteiger partial charge in [-0.3, -0.25) is 0 Å². The summed E-state index contributed by atoms with van der Waals surface area (Å²) >= 11 is 0. The lowest BCUT2D eigenvalue weighted by atomic mass is 10.1. The van der Waals surface area contributed by atoms with Gasteiger partial charge in [-0.15, -0.1) is 0 Å². The Hall–Kier alpha value is -1.45. The van der Waals surface area contributed by atoms with Crippen LogP contribution in [0.25, 0.3) is 0 Å². The molecule has 0 spiro atoms. The van der Waals surface area contributed by atoms with E-state index in [4.69, 9.17) is 4.74 Å². The fourth-order valence-electron chi connectivity index (χ4n) is 2.76. The maximum Gasteiger partial charge on any atom is 0.387 e. The lowest BCUT2D eigenvalue weighted by Gasteiger charge is -2.20. The third kappa shape index (κ3) is 6.09. The van der Waals surface area contributed by atoms with Gasteiger partial charge in [0.05, 0.1) is 7.11 Å². The molecule has 142 valence electrons. The zero-order chi connectivity index (χ0) is 18.3. The van der Waals surface area contributed by atoms with Gasteiger partial charge in [-0.2, -0.15) is 21.5 Å². The van der Waals surface area contributed by atoms with Crippen molar-refractivity contribution in [3.05, 3.63) is 23.8 Å². The Morgan fingerprint density at radius 3 is 2.44 bits per heavy atom. The highest BCUT2D eigenvalue weighted by Crippen LogP contribution is 2.29. The van der Waals surface area contributed by atoms with Crippen LogP contribution in [0.1, 0.15) is 31.2 Å². The molecule has 0 aliphatic carbocycles. The van der Waals surface area contributed by atoms with Crippen LogP contribution in [0.4, 0.5) is 8.78 Å². The second kappa shape index (κ2) is 9.30. The molecular weight excluding hydrogens is 354 g/mol. The lowest BCUT2D eigenvalue weighted by Crippen LogP contribution is -2.41. The van der Waals surface area contributed by atoms with E-state index in [0.717, 1.165) is 31.2 Å². The van der Waals surface area contributed by atoms with E-state index in [-0.39, 0.29) is 18.0 Å². The number of benzene rings is 1. The van der Waals surface area contributed by atoms with Crippen LogP contribution in [0.2, 0.25) is 0 Å². The summed E-state index contributed by atoms with van der Waals surface area (Å²) in [4.78, 5) is 0. The number of methoxy groups -OCH3 is 1. The van der Waals surface area contributed by atoms with Gasteiger partial charge >= 0.3 is 6.61 Å². The van der Waals surface area contributed by atoms with Crippen LogP contribution in [0.15, 0.2) is 18.2 Å². The molecule has 1 N–H and O–H groups in total. The number of nitrogens with zero attached hydrogens (tertiary/aromatic N) is 1. The van der Waals surface area contributed by atoms with Gasteiger partial charge in [0, 0.05) is 19.6 Å². The molecular formula is C16H24F2N2O4S. The van der Waals surface area contributed by atoms with Crippen molar-refractivity contribution in [2.24, 2.45) is 0 Å². The van der Waals surface area contributed by atoms with Crippen LogP contribution in [0, 0.1) is 0 Å². The van der Waals surface area contributed by atoms with Gasteiger partial charge in [-0.05, 0) is 37.0 Å². The third-order valence-corrected chi connectivity index (χ3v) is 5.66. The van der Waals surface area contributed by atoms with Crippen molar-refractivity contribution in [3.8, 4) is 11.5 Å². The minimum absolute atomic E-state index is 0.0496. The molecule has 1 fully saturated rings. The summed E-state index contributed by atoms with van der Waals surface area (Å²) < 4.78 is 62.7. The molecule has 6 nitrogen and oxygen atoms in total. The lowest BCUT2D eigenvalue weighted by molar-refractivity contribution is -0.0512. The fraction of sp³-hybridized carbons (Fsp3) is 0.625. The molecule has 0 radical (unpaired) electrons. The molecule has 25 heavy (non-hydrogen) atoms. The highest BCUT2D eigenvalue weighted by Gasteiger charge is 2.22. The van der Waals surface area contributed by atoms with Crippen LogP contribution in [-0.2, 0) is 16.6 Å². The van der Waals surface area contributed by atoms with E-state index in [1.807, 2.05) is 0 Å². The summed E-state index contributed by atoms with van der Waals surface area (Å²) in [5, 5.41) is 0. The third-order valence-electron chi connectivity index (χ3n) is 4.05. The summed E-state index contributed by atoms with van der Waals surface area (Å²) in [5.74, 6) is 0.138. The normalized spacial score (nSPS) is 16.6. The first-order valence-corrected chi connectivity index (χ1v) is 9.73. The Kier molecular flexibility index (Phi) is 7.39. The van der Waals surface area contributed by atoms with Crippen molar-refractivity contribution in [3.63, 3.8) is 0 Å². The maximum absolute atomic E-state index is 12.3. The number of hydrogen-bond acceptors (Lipinski definition) is 4. The molecule has 0 aromatic heterocycles. The Labute approximate surface area is 147 Å². The Morgan fingerprint density at radius 1 is 1.16 bits per heavy atom. The first-order valence-electron chi connectivity index (χ1n) is 8.29. The van der Waals surface area contributed by atoms with E-state index in [2.05, 4.69) is 9.46 Å². The molecule has 1 saturated heterocycles. The van der Waals surface area contributed by atoms with E-state index in [1.54, 1.807) is 12.1 Å². The maximum atomic E-state index is 12.3. The predicted molar refractivity (Wildman–Crippen MR) is 90.3 cm³/mol. The van der Waals surface area contributed by atoms with E-state index < -0.39 is 16.8 Å². The number of nitrogens with one attached hydrogen (secondary N) is 1. The molecule has 1 aromatic carbocycles. The van der Waals surface area contributed by atoms with Gasteiger partial charge in [0.15, 0.2) is 11.5 Å². The summed E-state index contributed by atoms with van der Waals surface area (Å²) in [6.07, 6.45) is 4.28. The minimum Gasteiger partial charge on any atom is -0.493 e. The zero-order valence-corrected chi connectivity index (χ0v) is 15.0. The predicted octanol–water partition coefficient (Wildman–Crippen LogP) is 2.55. The molecule has 0 atom stereocenters. The largest absolute Gasteiger partial charge is 0.493 e. The highest BCUT2D eigenvalue weighted by molar-refractivity contribution is 7.87. The smallest absolute Gasteiger partial charge is 0.387 e. The standard InChI is InChI=1S/C16H24F2N2O4S/c1-23-15-12-13(6-7-14(15)24-16(17)18)8-9-19-25(21,22)20-10-4-2-3-5-11-20/h6-7,12,16,19H,2-5,8-11H2,1H3. The average Bonchev–Trinajstić information content (AvgIpc) is 2.85. The minimum atomic E-state index is -3.49. The number of hydrogen-bond donors (Lipinski definition) is 1. The van der Waals surface area contributed by atoms with Crippen LogP contribution in [-0.4, -0.2) is 46.1 Å². The Bertz CT molecular complexity index is 648. The van der Waals surface area contributed by atoms with Crippen LogP contribution < -0.4 is 14.2 Å². The summed E-state index contributed by atoms with van der Waals surface area (Å²) in [6.45, 7) is -1.62. The molecule has 0 unspecified atom stereocenters. The van der Waals surface area contributed by atoms with E-state index in [9.17, 15) is 17.2 Å². The topological polar surface area (TPSA) is 67.9 Å². The highest BCUT2D eigenvalue weighted by atomic mass is 32.2. The Balaban J connectivity index is 1.92. The van der Waals surface area contributed by atoms with E-state index >= 15 is 0 Å². The SMILES string of the molecule is COc1cc(CCNS(=O)(=O)N2CCCCCC2)ccc1OC(F)F. The van der Waals surface area contributed by atoms with E-state index in [1.165, 1.54) is 17.5 Å². The second-order valence-electron chi connectivity index (χ2n) is 5.83. The molecule has 0 amide bonds. The van der Waals surface area contributed by atoms with Crippen LogP contribution in [0.5, 0.6) is 11.5 Å². The fourth-order valence-corrected chi connectivity index (χ4v) is 4.04. The van der Waals surface area contributed by atoms with Crippen LogP contribution in [0.3, 0.4) is 0 Å². The summed E-state index contributed by atoms with van der Waals surface area (Å²) in [5.41, 5.74) is 0.761. The van der Waals surface area contributed by atoms with Gasteiger partial charge in [0.1, 0.15) is 0 Å². The van der Waals surface area contributed by atoms with Crippen molar-refractivity contribution < 1.29 is 26.7 Å². The van der Waals surface area contributed by atoms with Crippen molar-refractivity contribution >= 4 is 10.2 Å². The van der Waals surface area contributed by atoms with Crippen molar-refractivity contribution in [2.75, 3.05) is 26.7 Å². The molecule has 1 aliphatic rings. The van der Waals surface area contributed by atoms with Gasteiger partial charge in [-0.1, -0.05) is 18.9 Å². The van der Waals surface area contributed by atoms with Gasteiger partial charge in [0.2, 0.25) is 0 Å². The molecule has 0 bridgehead atoms. The van der Waals surface area contributed by atoms with Crippen molar-refractivity contribution in [1.82, 2.24) is 9.03 Å². The van der Waals surface area contributed by atoms with E-state index in [0.29, 0.717) is 19.5 Å². The number of ether oxygens (including phenoxy) is 2. The number of halogens is 2. The molecule has 1 aliphatic heterocycles. The number of alkyl halides is 2. The van der Waals surface area contributed by atoms with Crippen molar-refractivity contribution in [1.29, 1.82) is 0 Å². The number of rotatable bonds is 8. The molecule has 2 rings (SSSR count). The molecule has 1 heterocycles. The quantitative estimate of drug-likeness (QED) is 0.755. The average molecular weight is 378 g/mol. The Morgan fingerprint density at radius 2 is 1.84 bits per heavy atom. The molecule has 9 heteroatoms. The second-order valence-corrected chi connectivity index (χ2v) is 7.58. The summed E-state index contributed by atoms with van der Waals surface area (Å²) in [6, 6.07) is 4.57. The molecule has 1 aromatic rings. The monoisotopic (exact) mass is 378 g/mol. The summed E-state index contributed by atoms with van der Waals surface area (Å²) in [7, 11) is -2.13. The molecule has 0 saturated carbocycles. The van der Waals surface area contributed by atoms with Crippen LogP contribution >= 0.6 is 0 Å². The zero-order valence-electron chi connectivity index (χ0n) is 14.2. The van der Waals surface area contributed by atoms with Gasteiger partial charge < -0.3 is 9.47 Å². The van der Waals surface area contributed by atoms with Gasteiger partial charge in [-0.25, -0.2) is 4.72 Å². The van der Waals surface area contributed by atoms with Gasteiger partial charge in [0.25, 0.3) is 10.2 Å². The van der Waals surface area contributed by atoms with Crippen molar-refractivity contribution in [2.45, 2.75) is 38.7 Å². The first-order chi connectivity index (χ1) is 11.9.